The third-order valence-corrected chi connectivity index (χ3v) is 7.79. The van der Waals surface area contributed by atoms with Gasteiger partial charge < -0.3 is 19.2 Å². The molecule has 0 radical (unpaired) electrons. The molecule has 3 atom stereocenters. The van der Waals surface area contributed by atoms with Crippen LogP contribution in [0.2, 0.25) is 0 Å². The van der Waals surface area contributed by atoms with Crippen molar-refractivity contribution in [2.45, 2.75) is 71.1 Å². The molecule has 0 bridgehead atoms. The van der Waals surface area contributed by atoms with Crippen LogP contribution in [0.1, 0.15) is 61.1 Å². The van der Waals surface area contributed by atoms with Crippen LogP contribution in [-0.2, 0) is 17.9 Å². The maximum atomic E-state index is 14.0. The van der Waals surface area contributed by atoms with Gasteiger partial charge in [-0.25, -0.2) is 0 Å². The van der Waals surface area contributed by atoms with Gasteiger partial charge in [-0.05, 0) is 68.0 Å². The maximum absolute atomic E-state index is 14.0. The molecule has 1 aliphatic heterocycles. The Balaban J connectivity index is 1.54. The van der Waals surface area contributed by atoms with Gasteiger partial charge in [-0.15, -0.1) is 0 Å². The number of hydrogen-bond acceptors (Lipinski definition) is 3. The highest BCUT2D eigenvalue weighted by molar-refractivity contribution is 6.00. The number of nitrogens with zero attached hydrogens (tertiary/aromatic N) is 2. The highest BCUT2D eigenvalue weighted by Crippen LogP contribution is 2.35. The Morgan fingerprint density at radius 3 is 2.59 bits per heavy atom. The van der Waals surface area contributed by atoms with E-state index in [1.807, 2.05) is 66.9 Å². The summed E-state index contributed by atoms with van der Waals surface area (Å²) >= 11 is 0. The van der Waals surface area contributed by atoms with Gasteiger partial charge in [-0.1, -0.05) is 44.0 Å². The number of benzene rings is 1. The first-order valence-electron chi connectivity index (χ1n) is 12.3. The van der Waals surface area contributed by atoms with Crippen LogP contribution in [0.15, 0.2) is 59.2 Å². The Bertz CT molecular complexity index is 1200. The average Bonchev–Trinajstić information content (AvgIpc) is 3.49. The largest absolute Gasteiger partial charge is 0.463 e. The summed E-state index contributed by atoms with van der Waals surface area (Å²) in [5, 5.41) is 3.34. The first-order chi connectivity index (χ1) is 16.4. The standard InChI is InChI=1S/C28H33N3O3/c1-19-9-4-6-11-21(19)17-31-26(32)24-15-14-23(25-13-8-16-34-25)30(24)18-28(31,3)27(33)29-22-12-7-5-10-20(22)2/h4,6,8-9,11,13-16,20,22H,5,7,10,12,17-18H2,1-3H3,(H,29,33)/t20-,22+,28-/m1/s1. The third kappa shape index (κ3) is 3.85. The third-order valence-electron chi connectivity index (χ3n) is 7.79. The van der Waals surface area contributed by atoms with E-state index in [4.69, 9.17) is 4.42 Å². The Morgan fingerprint density at radius 1 is 1.09 bits per heavy atom. The number of rotatable bonds is 5. The number of aromatic nitrogens is 1. The van der Waals surface area contributed by atoms with E-state index in [1.54, 1.807) is 11.2 Å². The lowest BCUT2D eigenvalue weighted by Crippen LogP contribution is -2.65. The van der Waals surface area contributed by atoms with Crippen LogP contribution in [0.25, 0.3) is 11.5 Å². The molecular formula is C28H33N3O3. The molecule has 1 N–H and O–H groups in total. The quantitative estimate of drug-likeness (QED) is 0.573. The summed E-state index contributed by atoms with van der Waals surface area (Å²) < 4.78 is 7.58. The first kappa shape index (κ1) is 22.5. The van der Waals surface area contributed by atoms with Crippen molar-refractivity contribution in [3.05, 3.63) is 71.6 Å². The van der Waals surface area contributed by atoms with E-state index in [0.29, 0.717) is 30.5 Å². The van der Waals surface area contributed by atoms with E-state index >= 15 is 0 Å². The van der Waals surface area contributed by atoms with Crippen LogP contribution >= 0.6 is 0 Å². The van der Waals surface area contributed by atoms with E-state index in [9.17, 15) is 9.59 Å². The number of carbonyl (C=O) groups excluding carboxylic acids is 2. The van der Waals surface area contributed by atoms with Crippen molar-refractivity contribution in [1.82, 2.24) is 14.8 Å². The molecule has 2 aliphatic rings. The van der Waals surface area contributed by atoms with Gasteiger partial charge in [0.05, 0.1) is 18.5 Å². The fraction of sp³-hybridized carbons (Fsp3) is 0.429. The molecule has 0 saturated heterocycles. The second-order valence-electron chi connectivity index (χ2n) is 10.1. The predicted octanol–water partition coefficient (Wildman–Crippen LogP) is 5.17. The number of hydrogen-bond donors (Lipinski definition) is 1. The number of nitrogens with one attached hydrogen (secondary N) is 1. The molecule has 0 spiro atoms. The van der Waals surface area contributed by atoms with Crippen molar-refractivity contribution in [3.8, 4) is 11.5 Å². The van der Waals surface area contributed by atoms with Crippen molar-refractivity contribution in [1.29, 1.82) is 0 Å². The van der Waals surface area contributed by atoms with Crippen molar-refractivity contribution >= 4 is 11.8 Å². The zero-order valence-electron chi connectivity index (χ0n) is 20.2. The highest BCUT2D eigenvalue weighted by atomic mass is 16.3. The van der Waals surface area contributed by atoms with Gasteiger partial charge in [0, 0.05) is 12.6 Å². The Hall–Kier alpha value is -3.28. The van der Waals surface area contributed by atoms with Gasteiger partial charge in [0.2, 0.25) is 5.91 Å². The zero-order valence-corrected chi connectivity index (χ0v) is 20.2. The average molecular weight is 460 g/mol. The summed E-state index contributed by atoms with van der Waals surface area (Å²) in [4.78, 5) is 29.6. The summed E-state index contributed by atoms with van der Waals surface area (Å²) in [6.07, 6.45) is 6.07. The van der Waals surface area contributed by atoms with Crippen molar-refractivity contribution in [2.24, 2.45) is 5.92 Å². The van der Waals surface area contributed by atoms with E-state index in [0.717, 1.165) is 36.1 Å². The molecule has 2 aromatic heterocycles. The molecule has 34 heavy (non-hydrogen) atoms. The second kappa shape index (κ2) is 8.82. The highest BCUT2D eigenvalue weighted by Gasteiger charge is 2.48. The summed E-state index contributed by atoms with van der Waals surface area (Å²) in [7, 11) is 0. The smallest absolute Gasteiger partial charge is 0.271 e. The Kier molecular flexibility index (Phi) is 5.84. The van der Waals surface area contributed by atoms with Crippen LogP contribution in [0, 0.1) is 12.8 Å². The van der Waals surface area contributed by atoms with Gasteiger partial charge in [0.25, 0.3) is 5.91 Å². The topological polar surface area (TPSA) is 67.5 Å². The first-order valence-corrected chi connectivity index (χ1v) is 12.3. The minimum atomic E-state index is -1.04. The van der Waals surface area contributed by atoms with Crippen LogP contribution < -0.4 is 5.32 Å². The van der Waals surface area contributed by atoms with E-state index < -0.39 is 5.54 Å². The van der Waals surface area contributed by atoms with Crippen LogP contribution in [-0.4, -0.2) is 32.9 Å². The summed E-state index contributed by atoms with van der Waals surface area (Å²) in [6.45, 7) is 6.92. The monoisotopic (exact) mass is 459 g/mol. The summed E-state index contributed by atoms with van der Waals surface area (Å²) in [5.74, 6) is 0.904. The molecule has 2 amide bonds. The number of amides is 2. The number of carbonyl (C=O) groups is 2. The fourth-order valence-electron chi connectivity index (χ4n) is 5.47. The number of aryl methyl sites for hydroxylation is 1. The van der Waals surface area contributed by atoms with Gasteiger partial charge in [0.15, 0.2) is 0 Å². The minimum Gasteiger partial charge on any atom is -0.463 e. The summed E-state index contributed by atoms with van der Waals surface area (Å²) in [5.41, 5.74) is 2.51. The number of fused-ring (bicyclic) bond motifs is 1. The summed E-state index contributed by atoms with van der Waals surface area (Å²) in [6, 6.07) is 15.7. The lowest BCUT2D eigenvalue weighted by molar-refractivity contribution is -0.134. The van der Waals surface area contributed by atoms with E-state index in [-0.39, 0.29) is 17.9 Å². The van der Waals surface area contributed by atoms with E-state index in [2.05, 4.69) is 12.2 Å². The lowest BCUT2D eigenvalue weighted by atomic mass is 9.84. The molecule has 0 unspecified atom stereocenters. The van der Waals surface area contributed by atoms with E-state index in [1.165, 1.54) is 6.42 Å². The molecule has 1 saturated carbocycles. The minimum absolute atomic E-state index is 0.0853. The predicted molar refractivity (Wildman–Crippen MR) is 131 cm³/mol. The van der Waals surface area contributed by atoms with Crippen LogP contribution in [0.4, 0.5) is 0 Å². The normalized spacial score (nSPS) is 24.7. The van der Waals surface area contributed by atoms with Gasteiger partial charge in [-0.2, -0.15) is 0 Å². The maximum Gasteiger partial charge on any atom is 0.271 e. The molecule has 1 aromatic carbocycles. The van der Waals surface area contributed by atoms with Gasteiger partial charge in [-0.3, -0.25) is 9.59 Å². The van der Waals surface area contributed by atoms with Crippen molar-refractivity contribution in [3.63, 3.8) is 0 Å². The van der Waals surface area contributed by atoms with Crippen LogP contribution in [0.5, 0.6) is 0 Å². The molecular weight excluding hydrogens is 426 g/mol. The molecule has 3 aromatic rings. The Labute approximate surface area is 200 Å². The molecule has 1 aliphatic carbocycles. The van der Waals surface area contributed by atoms with Crippen molar-refractivity contribution in [2.75, 3.05) is 0 Å². The lowest BCUT2D eigenvalue weighted by Gasteiger charge is -2.45. The van der Waals surface area contributed by atoms with Crippen LogP contribution in [0.3, 0.4) is 0 Å². The fourth-order valence-corrected chi connectivity index (χ4v) is 5.47. The van der Waals surface area contributed by atoms with Crippen molar-refractivity contribution < 1.29 is 14.0 Å². The Morgan fingerprint density at radius 2 is 1.85 bits per heavy atom. The molecule has 1 fully saturated rings. The SMILES string of the molecule is Cc1ccccc1CN1C(=O)c2ccc(-c3ccco3)n2C[C@]1(C)C(=O)N[C@H]1CCCC[C@H]1C. The molecule has 6 heteroatoms. The molecule has 5 rings (SSSR count). The zero-order chi connectivity index (χ0) is 23.9. The second-order valence-corrected chi connectivity index (χ2v) is 10.1. The molecule has 3 heterocycles. The molecule has 178 valence electrons. The molecule has 6 nitrogen and oxygen atoms in total. The van der Waals surface area contributed by atoms with Gasteiger partial charge in [0.1, 0.15) is 17.0 Å². The number of furan rings is 1. The van der Waals surface area contributed by atoms with Gasteiger partial charge >= 0.3 is 0 Å².